The van der Waals surface area contributed by atoms with Crippen LogP contribution in [0.5, 0.6) is 5.75 Å². The van der Waals surface area contributed by atoms with Crippen molar-refractivity contribution in [1.82, 2.24) is 0 Å². The Morgan fingerprint density at radius 1 is 1.20 bits per heavy atom. The highest BCUT2D eigenvalue weighted by Crippen LogP contribution is 2.19. The summed E-state index contributed by atoms with van der Waals surface area (Å²) in [6.07, 6.45) is 1.52. The van der Waals surface area contributed by atoms with E-state index in [9.17, 15) is 5.11 Å². The Balaban J connectivity index is 1.43. The third-order valence-corrected chi connectivity index (χ3v) is 4.80. The van der Waals surface area contributed by atoms with Gasteiger partial charge in [0, 0.05) is 6.07 Å². The minimum Gasteiger partial charge on any atom is -0.490 e. The van der Waals surface area contributed by atoms with Gasteiger partial charge in [-0.1, -0.05) is 18.2 Å². The average Bonchev–Trinajstić information content (AvgIpc) is 2.64. The fourth-order valence-electron chi connectivity index (χ4n) is 3.29. The topological polar surface area (TPSA) is 51.3 Å². The SMILES string of the molecule is Cc1ccc(C)c(OC[C@@H](O)C[NH+]2CCN(c3cccc[nH+]3)CC2)c1. The summed E-state index contributed by atoms with van der Waals surface area (Å²) in [5, 5.41) is 10.3. The molecule has 1 fully saturated rings. The van der Waals surface area contributed by atoms with Crippen LogP contribution in [0.4, 0.5) is 5.82 Å². The van der Waals surface area contributed by atoms with Gasteiger partial charge in [0.05, 0.1) is 6.20 Å². The molecule has 2 heterocycles. The maximum absolute atomic E-state index is 10.3. The van der Waals surface area contributed by atoms with E-state index < -0.39 is 6.10 Å². The van der Waals surface area contributed by atoms with Crippen molar-refractivity contribution in [3.8, 4) is 5.75 Å². The molecule has 0 saturated carbocycles. The first-order valence-electron chi connectivity index (χ1n) is 9.05. The normalized spacial score (nSPS) is 16.7. The zero-order valence-electron chi connectivity index (χ0n) is 15.2. The van der Waals surface area contributed by atoms with Crippen molar-refractivity contribution in [3.63, 3.8) is 0 Å². The first kappa shape index (κ1) is 17.7. The molecule has 1 aromatic heterocycles. The first-order valence-corrected chi connectivity index (χ1v) is 9.05. The molecular weight excluding hydrogens is 314 g/mol. The summed E-state index contributed by atoms with van der Waals surface area (Å²) < 4.78 is 5.83. The molecule has 1 aliphatic heterocycles. The number of ether oxygens (including phenoxy) is 1. The Morgan fingerprint density at radius 2 is 2.00 bits per heavy atom. The van der Waals surface area contributed by atoms with Crippen LogP contribution in [0.15, 0.2) is 42.6 Å². The number of nitrogens with zero attached hydrogens (tertiary/aromatic N) is 1. The Kier molecular flexibility index (Phi) is 5.89. The summed E-state index contributed by atoms with van der Waals surface area (Å²) >= 11 is 0. The van der Waals surface area contributed by atoms with Gasteiger partial charge in [0.25, 0.3) is 5.82 Å². The number of anilines is 1. The Labute approximate surface area is 149 Å². The molecule has 1 atom stereocenters. The van der Waals surface area contributed by atoms with Gasteiger partial charge >= 0.3 is 0 Å². The lowest BCUT2D eigenvalue weighted by atomic mass is 10.1. The number of benzene rings is 1. The molecular formula is C20H29N3O2+2. The van der Waals surface area contributed by atoms with Crippen LogP contribution in [-0.2, 0) is 0 Å². The molecule has 25 heavy (non-hydrogen) atoms. The summed E-state index contributed by atoms with van der Waals surface area (Å²) in [7, 11) is 0. The van der Waals surface area contributed by atoms with Gasteiger partial charge in [-0.3, -0.25) is 4.90 Å². The number of hydrogen-bond acceptors (Lipinski definition) is 3. The predicted octanol–water partition coefficient (Wildman–Crippen LogP) is 0.262. The third-order valence-electron chi connectivity index (χ3n) is 4.80. The van der Waals surface area contributed by atoms with E-state index in [1.54, 1.807) is 0 Å². The molecule has 1 aliphatic rings. The fraction of sp³-hybridized carbons (Fsp3) is 0.450. The third kappa shape index (κ3) is 4.94. The molecule has 2 aromatic rings. The van der Waals surface area contributed by atoms with Crippen molar-refractivity contribution >= 4 is 5.82 Å². The number of aliphatic hydroxyl groups excluding tert-OH is 1. The molecule has 0 aliphatic carbocycles. The van der Waals surface area contributed by atoms with Gasteiger partial charge in [-0.05, 0) is 37.1 Å². The smallest absolute Gasteiger partial charge is 0.274 e. The Bertz CT molecular complexity index is 670. The number of quaternary nitrogens is 1. The lowest BCUT2D eigenvalue weighted by Crippen LogP contribution is -3.16. The van der Waals surface area contributed by atoms with Crippen LogP contribution in [0.1, 0.15) is 11.1 Å². The Morgan fingerprint density at radius 3 is 2.72 bits per heavy atom. The highest BCUT2D eigenvalue weighted by Gasteiger charge is 2.27. The van der Waals surface area contributed by atoms with E-state index in [0.717, 1.165) is 44.0 Å². The van der Waals surface area contributed by atoms with E-state index in [0.29, 0.717) is 6.61 Å². The van der Waals surface area contributed by atoms with Crippen molar-refractivity contribution in [2.45, 2.75) is 20.0 Å². The zero-order valence-corrected chi connectivity index (χ0v) is 15.2. The average molecular weight is 343 g/mol. The lowest BCUT2D eigenvalue weighted by molar-refractivity contribution is -0.903. The summed E-state index contributed by atoms with van der Waals surface area (Å²) in [6, 6.07) is 12.3. The number of piperazine rings is 1. The number of pyridine rings is 1. The molecule has 3 N–H and O–H groups in total. The standard InChI is InChI=1S/C20H27N3O2/c1-16-6-7-17(2)19(13-16)25-15-18(24)14-22-9-11-23(12-10-22)20-5-3-4-8-21-20/h3-8,13,18,24H,9-12,14-15H2,1-2H3/p+2/t18-/m0/s1. The molecule has 0 spiro atoms. The van der Waals surface area contributed by atoms with Gasteiger partial charge in [-0.25, -0.2) is 4.98 Å². The van der Waals surface area contributed by atoms with Gasteiger partial charge in [-0.15, -0.1) is 0 Å². The van der Waals surface area contributed by atoms with Gasteiger partial charge in [-0.2, -0.15) is 0 Å². The van der Waals surface area contributed by atoms with E-state index in [1.165, 1.54) is 16.3 Å². The van der Waals surface area contributed by atoms with Crippen molar-refractivity contribution in [1.29, 1.82) is 0 Å². The van der Waals surface area contributed by atoms with E-state index in [-0.39, 0.29) is 0 Å². The fourth-order valence-corrected chi connectivity index (χ4v) is 3.29. The van der Waals surface area contributed by atoms with Crippen LogP contribution in [0.2, 0.25) is 0 Å². The zero-order chi connectivity index (χ0) is 17.6. The summed E-state index contributed by atoms with van der Waals surface area (Å²) in [6.45, 7) is 9.23. The summed E-state index contributed by atoms with van der Waals surface area (Å²) in [5.41, 5.74) is 2.28. The molecule has 1 aromatic carbocycles. The summed E-state index contributed by atoms with van der Waals surface area (Å²) in [5.74, 6) is 2.04. The second kappa shape index (κ2) is 8.32. The molecule has 0 radical (unpaired) electrons. The quantitative estimate of drug-likeness (QED) is 0.791. The molecule has 5 heteroatoms. The second-order valence-electron chi connectivity index (χ2n) is 6.92. The number of rotatable bonds is 6. The number of aliphatic hydroxyl groups is 1. The van der Waals surface area contributed by atoms with E-state index in [2.05, 4.69) is 41.1 Å². The van der Waals surface area contributed by atoms with Gasteiger partial charge in [0.1, 0.15) is 51.2 Å². The monoisotopic (exact) mass is 343 g/mol. The van der Waals surface area contributed by atoms with Crippen molar-refractivity contribution < 1.29 is 19.7 Å². The van der Waals surface area contributed by atoms with Crippen LogP contribution in [-0.4, -0.2) is 50.5 Å². The maximum Gasteiger partial charge on any atom is 0.274 e. The molecule has 5 nitrogen and oxygen atoms in total. The molecule has 1 saturated heterocycles. The van der Waals surface area contributed by atoms with E-state index in [4.69, 9.17) is 4.74 Å². The van der Waals surface area contributed by atoms with Crippen LogP contribution < -0.4 is 19.5 Å². The first-order chi connectivity index (χ1) is 12.1. The number of nitrogens with one attached hydrogen (secondary N) is 2. The maximum atomic E-state index is 10.3. The van der Waals surface area contributed by atoms with E-state index >= 15 is 0 Å². The van der Waals surface area contributed by atoms with Crippen LogP contribution in [0, 0.1) is 13.8 Å². The Hall–Kier alpha value is -2.11. The van der Waals surface area contributed by atoms with Crippen LogP contribution >= 0.6 is 0 Å². The highest BCUT2D eigenvalue weighted by atomic mass is 16.5. The minimum absolute atomic E-state index is 0.351. The van der Waals surface area contributed by atoms with E-state index in [1.807, 2.05) is 25.3 Å². The number of aromatic nitrogens is 1. The summed E-state index contributed by atoms with van der Waals surface area (Å²) in [4.78, 5) is 7.09. The number of H-pyrrole nitrogens is 1. The number of hydrogen-bond donors (Lipinski definition) is 2. The molecule has 134 valence electrons. The van der Waals surface area contributed by atoms with Gasteiger partial charge < -0.3 is 14.7 Å². The molecule has 3 rings (SSSR count). The highest BCUT2D eigenvalue weighted by molar-refractivity contribution is 5.36. The van der Waals surface area contributed by atoms with Crippen LogP contribution in [0.3, 0.4) is 0 Å². The largest absolute Gasteiger partial charge is 0.490 e. The van der Waals surface area contributed by atoms with Crippen molar-refractivity contribution in [3.05, 3.63) is 53.7 Å². The predicted molar refractivity (Wildman–Crippen MR) is 98.2 cm³/mol. The second-order valence-corrected chi connectivity index (χ2v) is 6.92. The number of aromatic amines is 1. The molecule has 0 amide bonds. The minimum atomic E-state index is -0.440. The molecule has 0 bridgehead atoms. The van der Waals surface area contributed by atoms with Gasteiger partial charge in [0.15, 0.2) is 0 Å². The number of aryl methyl sites for hydroxylation is 2. The molecule has 0 unspecified atom stereocenters. The van der Waals surface area contributed by atoms with Crippen molar-refractivity contribution in [2.24, 2.45) is 0 Å². The lowest BCUT2D eigenvalue weighted by Gasteiger charge is -2.29. The van der Waals surface area contributed by atoms with Crippen LogP contribution in [0.25, 0.3) is 0 Å². The van der Waals surface area contributed by atoms with Gasteiger partial charge in [0.2, 0.25) is 0 Å². The van der Waals surface area contributed by atoms with Crippen molar-refractivity contribution in [2.75, 3.05) is 44.2 Å².